The molecule has 0 bridgehead atoms. The van der Waals surface area contributed by atoms with Gasteiger partial charge in [0.1, 0.15) is 0 Å². The Labute approximate surface area is 255 Å². The quantitative estimate of drug-likeness (QED) is 0.252. The molecule has 0 aromatic rings. The third kappa shape index (κ3) is 4.80. The summed E-state index contributed by atoms with van der Waals surface area (Å²) in [5.74, 6) is -2.11. The molecule has 0 saturated heterocycles. The predicted octanol–water partition coefficient (Wildman–Crippen LogP) is 10.9. The molecular weight excluding hydrogens is 678 g/mol. The molecule has 190 valence electrons. The van der Waals surface area contributed by atoms with Crippen LogP contribution in [0.5, 0.6) is 0 Å². The van der Waals surface area contributed by atoms with Gasteiger partial charge in [-0.3, -0.25) is 0 Å². The minimum Gasteiger partial charge on any atom is -0.121 e. The summed E-state index contributed by atoms with van der Waals surface area (Å²) in [6, 6.07) is 0. The number of hydrogen-bond donors (Lipinski definition) is 0. The summed E-state index contributed by atoms with van der Waals surface area (Å²) < 4.78 is -10.9. The molecule has 0 nitrogen and oxygen atoms in total. The van der Waals surface area contributed by atoms with Gasteiger partial charge in [-0.1, -0.05) is 154 Å². The first-order valence-electron chi connectivity index (χ1n) is 10.4. The van der Waals surface area contributed by atoms with Crippen LogP contribution in [-0.2, 0) is 0 Å². The molecule has 12 heteroatoms. The van der Waals surface area contributed by atoms with E-state index in [-0.39, 0.29) is 17.2 Å². The average molecular weight is 700 g/mol. The molecule has 0 heterocycles. The summed E-state index contributed by atoms with van der Waals surface area (Å²) in [4.78, 5) is 0. The summed E-state index contributed by atoms with van der Waals surface area (Å²) in [6.07, 6.45) is 10.9. The largest absolute Gasteiger partial charge is 0.189 e. The van der Waals surface area contributed by atoms with Gasteiger partial charge in [0, 0.05) is 5.92 Å². The van der Waals surface area contributed by atoms with Crippen molar-refractivity contribution in [2.45, 2.75) is 65.0 Å². The monoisotopic (exact) mass is 694 g/mol. The normalized spacial score (nSPS) is 43.5. The van der Waals surface area contributed by atoms with E-state index in [0.29, 0.717) is 12.8 Å². The molecule has 2 saturated carbocycles. The number of alkyl halides is 12. The van der Waals surface area contributed by atoms with Crippen LogP contribution >= 0.6 is 139 Å². The molecular formula is C21H22Cl12. The van der Waals surface area contributed by atoms with E-state index in [0.717, 1.165) is 12.8 Å². The van der Waals surface area contributed by atoms with E-state index in [1.165, 1.54) is 0 Å². The molecule has 3 aliphatic carbocycles. The van der Waals surface area contributed by atoms with Gasteiger partial charge >= 0.3 is 0 Å². The van der Waals surface area contributed by atoms with Crippen molar-refractivity contribution in [1.29, 1.82) is 0 Å². The fourth-order valence-electron chi connectivity index (χ4n) is 5.49. The van der Waals surface area contributed by atoms with Crippen LogP contribution in [0.15, 0.2) is 24.3 Å². The maximum atomic E-state index is 7.12. The standard InChI is InChI=1S/C21H22Cl12/c1-10-14(11-6-3-2-4-7-11)15(12-8-5-9-13(22)16(12)23)18(26,27)20(30,31)21(32,33)19(28,29)17(10,24)25/h2-4,6,10-16H,5,7-9H2,1H3. The van der Waals surface area contributed by atoms with Crippen LogP contribution in [0.1, 0.15) is 32.6 Å². The van der Waals surface area contributed by atoms with Crippen molar-refractivity contribution in [3.8, 4) is 0 Å². The Morgan fingerprint density at radius 1 is 0.727 bits per heavy atom. The third-order valence-electron chi connectivity index (χ3n) is 7.35. The first-order chi connectivity index (χ1) is 14.9. The van der Waals surface area contributed by atoms with Crippen molar-refractivity contribution in [2.75, 3.05) is 0 Å². The molecule has 0 amide bonds. The van der Waals surface area contributed by atoms with Gasteiger partial charge in [-0.2, -0.15) is 0 Å². The smallest absolute Gasteiger partial charge is 0.121 e. The van der Waals surface area contributed by atoms with Gasteiger partial charge in [0.25, 0.3) is 0 Å². The van der Waals surface area contributed by atoms with Crippen LogP contribution in [0.4, 0.5) is 0 Å². The molecule has 33 heavy (non-hydrogen) atoms. The molecule has 3 aliphatic rings. The Balaban J connectivity index is 2.32. The molecule has 0 N–H and O–H groups in total. The van der Waals surface area contributed by atoms with E-state index in [2.05, 4.69) is 0 Å². The fourth-order valence-corrected chi connectivity index (χ4v) is 10.1. The zero-order chi connectivity index (χ0) is 25.2. The fraction of sp³-hybridized carbons (Fsp3) is 0.810. The maximum Gasteiger partial charge on any atom is 0.189 e. The lowest BCUT2D eigenvalue weighted by molar-refractivity contribution is 0.0629. The summed E-state index contributed by atoms with van der Waals surface area (Å²) in [5, 5.41) is -0.771. The van der Waals surface area contributed by atoms with Crippen LogP contribution < -0.4 is 0 Å². The SMILES string of the molecule is CC1C(C2C=CC=CC2)C(C2CCCC(Cl)C2Cl)C(Cl)(Cl)C(Cl)(Cl)C(Cl)(Cl)C(Cl)(Cl)C1(Cl)Cl. The molecule has 3 rings (SSSR count). The van der Waals surface area contributed by atoms with Crippen molar-refractivity contribution in [2.24, 2.45) is 29.6 Å². The van der Waals surface area contributed by atoms with Crippen molar-refractivity contribution in [3.05, 3.63) is 24.3 Å². The minimum atomic E-state index is -2.39. The molecule has 7 unspecified atom stereocenters. The Morgan fingerprint density at radius 3 is 1.85 bits per heavy atom. The second-order valence-corrected chi connectivity index (χ2v) is 16.9. The van der Waals surface area contributed by atoms with E-state index in [4.69, 9.17) is 139 Å². The van der Waals surface area contributed by atoms with E-state index in [1.807, 2.05) is 31.2 Å². The van der Waals surface area contributed by atoms with Gasteiger partial charge in [-0.05, 0) is 42.9 Å². The van der Waals surface area contributed by atoms with E-state index < -0.39 is 44.8 Å². The van der Waals surface area contributed by atoms with Crippen LogP contribution in [0.25, 0.3) is 0 Å². The highest BCUT2D eigenvalue weighted by atomic mass is 35.6. The zero-order valence-electron chi connectivity index (χ0n) is 17.2. The van der Waals surface area contributed by atoms with E-state index in [1.54, 1.807) is 0 Å². The second kappa shape index (κ2) is 10.5. The first kappa shape index (κ1) is 30.5. The molecule has 0 aliphatic heterocycles. The lowest BCUT2D eigenvalue weighted by Gasteiger charge is -2.60. The number of allylic oxidation sites excluding steroid dienone is 4. The van der Waals surface area contributed by atoms with Crippen LogP contribution in [0.3, 0.4) is 0 Å². The summed E-state index contributed by atoms with van der Waals surface area (Å²) in [6.45, 7) is 1.82. The minimum absolute atomic E-state index is 0.102. The highest BCUT2D eigenvalue weighted by Crippen LogP contribution is 2.73. The summed E-state index contributed by atoms with van der Waals surface area (Å²) in [7, 11) is 0. The zero-order valence-corrected chi connectivity index (χ0v) is 26.3. The average Bonchev–Trinajstić information content (AvgIpc) is 2.73. The Morgan fingerprint density at radius 2 is 1.30 bits per heavy atom. The lowest BCUT2D eigenvalue weighted by atomic mass is 9.60. The lowest BCUT2D eigenvalue weighted by Crippen LogP contribution is -2.71. The van der Waals surface area contributed by atoms with E-state index in [9.17, 15) is 0 Å². The van der Waals surface area contributed by atoms with Gasteiger partial charge in [-0.15, -0.1) is 23.2 Å². The summed E-state index contributed by atoms with van der Waals surface area (Å²) in [5.41, 5.74) is 0. The maximum absolute atomic E-state index is 7.12. The molecule has 7 atom stereocenters. The molecule has 2 fully saturated rings. The molecule has 0 spiro atoms. The number of hydrogen-bond acceptors (Lipinski definition) is 0. The third-order valence-corrected chi connectivity index (χ3v) is 15.9. The molecule has 0 aromatic heterocycles. The first-order valence-corrected chi connectivity index (χ1v) is 15.1. The van der Waals surface area contributed by atoms with Crippen molar-refractivity contribution in [1.82, 2.24) is 0 Å². The highest BCUT2D eigenvalue weighted by Gasteiger charge is 2.78. The van der Waals surface area contributed by atoms with Crippen molar-refractivity contribution < 1.29 is 0 Å². The predicted molar refractivity (Wildman–Crippen MR) is 151 cm³/mol. The highest BCUT2D eigenvalue weighted by molar-refractivity contribution is 6.76. The van der Waals surface area contributed by atoms with Crippen LogP contribution in [-0.4, -0.2) is 32.4 Å². The Kier molecular flexibility index (Phi) is 9.71. The van der Waals surface area contributed by atoms with Crippen molar-refractivity contribution in [3.63, 3.8) is 0 Å². The van der Waals surface area contributed by atoms with Crippen molar-refractivity contribution >= 4 is 139 Å². The van der Waals surface area contributed by atoms with Gasteiger partial charge in [0.05, 0.1) is 10.8 Å². The number of halogens is 12. The number of rotatable bonds is 2. The molecule has 0 aromatic carbocycles. The van der Waals surface area contributed by atoms with Crippen LogP contribution in [0, 0.1) is 29.6 Å². The van der Waals surface area contributed by atoms with E-state index >= 15 is 0 Å². The Bertz CT molecular complexity index is 786. The summed E-state index contributed by atoms with van der Waals surface area (Å²) >= 11 is 82.0. The molecule has 0 radical (unpaired) electrons. The van der Waals surface area contributed by atoms with Crippen LogP contribution in [0.2, 0.25) is 0 Å². The van der Waals surface area contributed by atoms with Gasteiger partial charge < -0.3 is 0 Å². The Hall–Kier alpha value is 2.96. The van der Waals surface area contributed by atoms with Gasteiger partial charge in [-0.25, -0.2) is 0 Å². The van der Waals surface area contributed by atoms with Gasteiger partial charge in [0.2, 0.25) is 0 Å². The topological polar surface area (TPSA) is 0 Å². The van der Waals surface area contributed by atoms with Gasteiger partial charge in [0.15, 0.2) is 21.7 Å². The second-order valence-electron chi connectivity index (χ2n) is 9.13.